The fourth-order valence-corrected chi connectivity index (χ4v) is 2.29. The number of hydrogen-bond donors (Lipinski definition) is 0. The Morgan fingerprint density at radius 2 is 2.14 bits per heavy atom. The first-order valence-corrected chi connectivity index (χ1v) is 6.75. The normalized spacial score (nSPS) is 15.7. The number of halogens is 1. The van der Waals surface area contributed by atoms with Crippen LogP contribution in [0.4, 0.5) is 0 Å². The zero-order valence-corrected chi connectivity index (χ0v) is 13.2. The molecule has 1 aliphatic rings. The van der Waals surface area contributed by atoms with Gasteiger partial charge in [0, 0.05) is 6.92 Å². The van der Waals surface area contributed by atoms with Crippen molar-refractivity contribution in [3.05, 3.63) is 27.7 Å². The Morgan fingerprint density at radius 1 is 1.43 bits per heavy atom. The first-order chi connectivity index (χ1) is 9.92. The number of nitrogens with zero attached hydrogens (tertiary/aromatic N) is 1. The maximum absolute atomic E-state index is 11.5. The van der Waals surface area contributed by atoms with Gasteiger partial charge in [-0.25, -0.2) is 4.79 Å². The number of rotatable bonds is 3. The van der Waals surface area contributed by atoms with Crippen LogP contribution in [0, 0.1) is 0 Å². The van der Waals surface area contributed by atoms with E-state index in [1.807, 2.05) is 0 Å². The van der Waals surface area contributed by atoms with E-state index in [1.54, 1.807) is 25.1 Å². The second-order valence-corrected chi connectivity index (χ2v) is 5.10. The molecule has 2 rings (SSSR count). The Morgan fingerprint density at radius 3 is 2.67 bits per heavy atom. The smallest absolute Gasteiger partial charge is 0.367 e. The van der Waals surface area contributed by atoms with Crippen molar-refractivity contribution < 1.29 is 23.9 Å². The van der Waals surface area contributed by atoms with Crippen LogP contribution < -0.4 is 9.47 Å². The topological polar surface area (TPSA) is 74.2 Å². The van der Waals surface area contributed by atoms with E-state index in [-0.39, 0.29) is 5.75 Å². The predicted molar refractivity (Wildman–Crippen MR) is 79.2 cm³/mol. The fourth-order valence-electron chi connectivity index (χ4n) is 1.75. The third kappa shape index (κ3) is 3.30. The summed E-state index contributed by atoms with van der Waals surface area (Å²) in [5.74, 6) is -0.312. The Bertz CT molecular complexity index is 678. The van der Waals surface area contributed by atoms with Crippen molar-refractivity contribution in [2.75, 3.05) is 7.11 Å². The summed E-state index contributed by atoms with van der Waals surface area (Å²) >= 11 is 3.31. The molecule has 0 radical (unpaired) electrons. The van der Waals surface area contributed by atoms with Crippen molar-refractivity contribution in [2.24, 2.45) is 5.16 Å². The predicted octanol–water partition coefficient (Wildman–Crippen LogP) is 2.70. The molecule has 0 saturated heterocycles. The van der Waals surface area contributed by atoms with Crippen molar-refractivity contribution in [2.45, 2.75) is 13.8 Å². The number of carbonyl (C=O) groups excluding carboxylic acids is 2. The maximum Gasteiger partial charge on any atom is 0.367 e. The number of hydrogen-bond acceptors (Lipinski definition) is 6. The summed E-state index contributed by atoms with van der Waals surface area (Å²) in [6.07, 6.45) is 1.62. The summed E-state index contributed by atoms with van der Waals surface area (Å²) in [5, 5.41) is 3.60. The van der Waals surface area contributed by atoms with Crippen molar-refractivity contribution in [1.29, 1.82) is 0 Å². The van der Waals surface area contributed by atoms with Crippen LogP contribution in [0.1, 0.15) is 19.4 Å². The van der Waals surface area contributed by atoms with Crippen LogP contribution in [0.5, 0.6) is 11.5 Å². The molecule has 21 heavy (non-hydrogen) atoms. The Hall–Kier alpha value is -2.15. The summed E-state index contributed by atoms with van der Waals surface area (Å²) < 4.78 is 10.8. The van der Waals surface area contributed by atoms with Gasteiger partial charge in [0.15, 0.2) is 11.5 Å². The van der Waals surface area contributed by atoms with Gasteiger partial charge in [-0.2, -0.15) is 0 Å². The Balaban J connectivity index is 2.46. The third-order valence-electron chi connectivity index (χ3n) is 2.68. The number of esters is 1. The van der Waals surface area contributed by atoms with Gasteiger partial charge in [-0.05, 0) is 46.6 Å². The maximum atomic E-state index is 11.5. The average molecular weight is 354 g/mol. The van der Waals surface area contributed by atoms with E-state index >= 15 is 0 Å². The molecule has 0 amide bonds. The van der Waals surface area contributed by atoms with E-state index in [1.165, 1.54) is 14.0 Å². The highest BCUT2D eigenvalue weighted by molar-refractivity contribution is 9.10. The van der Waals surface area contributed by atoms with Crippen LogP contribution in [0.3, 0.4) is 0 Å². The van der Waals surface area contributed by atoms with Crippen LogP contribution in [0.15, 0.2) is 27.3 Å². The molecular formula is C14H12BrNO5. The van der Waals surface area contributed by atoms with Gasteiger partial charge in [0.05, 0.1) is 22.9 Å². The number of carbonyl (C=O) groups is 2. The van der Waals surface area contributed by atoms with Gasteiger partial charge in [-0.15, -0.1) is 0 Å². The minimum absolute atomic E-state index is 0.284. The van der Waals surface area contributed by atoms with Crippen molar-refractivity contribution in [3.63, 3.8) is 0 Å². The molecule has 0 bridgehead atoms. The lowest BCUT2D eigenvalue weighted by Gasteiger charge is -2.11. The Kier molecular flexibility index (Phi) is 4.42. The molecule has 0 aliphatic carbocycles. The van der Waals surface area contributed by atoms with Crippen LogP contribution in [-0.4, -0.2) is 24.8 Å². The molecule has 0 saturated carbocycles. The van der Waals surface area contributed by atoms with E-state index in [0.29, 0.717) is 27.1 Å². The molecule has 1 aromatic carbocycles. The van der Waals surface area contributed by atoms with Gasteiger partial charge >= 0.3 is 11.9 Å². The monoisotopic (exact) mass is 353 g/mol. The standard InChI is InChI=1S/C14H12BrNO5/c1-7-10(14(18)21-16-7)4-9-5-11(15)13(20-8(2)17)12(6-9)19-3/h4-6H,1-3H3/b10-4+. The second-order valence-electron chi connectivity index (χ2n) is 4.24. The lowest BCUT2D eigenvalue weighted by Crippen LogP contribution is -2.04. The molecule has 0 fully saturated rings. The quantitative estimate of drug-likeness (QED) is 0.361. The van der Waals surface area contributed by atoms with Crippen LogP contribution in [-0.2, 0) is 14.4 Å². The molecule has 0 aromatic heterocycles. The van der Waals surface area contributed by atoms with Gasteiger partial charge in [0.2, 0.25) is 0 Å². The van der Waals surface area contributed by atoms with E-state index in [2.05, 4.69) is 25.9 Å². The molecule has 7 heteroatoms. The third-order valence-corrected chi connectivity index (χ3v) is 3.27. The molecule has 0 unspecified atom stereocenters. The van der Waals surface area contributed by atoms with Crippen molar-refractivity contribution >= 4 is 39.7 Å². The molecule has 1 aromatic rings. The minimum atomic E-state index is -0.508. The molecule has 0 atom stereocenters. The molecular weight excluding hydrogens is 342 g/mol. The summed E-state index contributed by atoms with van der Waals surface area (Å²) in [7, 11) is 1.46. The summed E-state index contributed by atoms with van der Waals surface area (Å²) in [6, 6.07) is 3.35. The van der Waals surface area contributed by atoms with Crippen molar-refractivity contribution in [3.8, 4) is 11.5 Å². The van der Waals surface area contributed by atoms with Gasteiger partial charge < -0.3 is 14.3 Å². The minimum Gasteiger partial charge on any atom is -0.493 e. The molecule has 1 aliphatic heterocycles. The molecule has 0 spiro atoms. The Labute approximate surface area is 129 Å². The molecule has 6 nitrogen and oxygen atoms in total. The van der Waals surface area contributed by atoms with E-state index in [4.69, 9.17) is 9.47 Å². The SMILES string of the molecule is COc1cc(/C=C2/C(=O)ON=C2C)cc(Br)c1OC(C)=O. The average Bonchev–Trinajstić information content (AvgIpc) is 2.73. The second kappa shape index (κ2) is 6.09. The zero-order valence-electron chi connectivity index (χ0n) is 11.6. The zero-order chi connectivity index (χ0) is 15.6. The summed E-state index contributed by atoms with van der Waals surface area (Å²) in [5.41, 5.74) is 1.54. The highest BCUT2D eigenvalue weighted by atomic mass is 79.9. The number of oxime groups is 1. The highest BCUT2D eigenvalue weighted by Crippen LogP contribution is 2.37. The van der Waals surface area contributed by atoms with Gasteiger partial charge in [0.25, 0.3) is 0 Å². The number of methoxy groups -OCH3 is 1. The van der Waals surface area contributed by atoms with Crippen molar-refractivity contribution in [1.82, 2.24) is 0 Å². The number of ether oxygens (including phenoxy) is 2. The molecule has 1 heterocycles. The van der Waals surface area contributed by atoms with E-state index in [0.717, 1.165) is 0 Å². The summed E-state index contributed by atoms with van der Waals surface area (Å²) in [6.45, 7) is 2.98. The van der Waals surface area contributed by atoms with Crippen LogP contribution in [0.25, 0.3) is 6.08 Å². The van der Waals surface area contributed by atoms with Crippen LogP contribution in [0.2, 0.25) is 0 Å². The first-order valence-electron chi connectivity index (χ1n) is 5.96. The van der Waals surface area contributed by atoms with Crippen LogP contribution >= 0.6 is 15.9 Å². The largest absolute Gasteiger partial charge is 0.493 e. The summed E-state index contributed by atoms with van der Waals surface area (Å²) in [4.78, 5) is 27.2. The molecule has 0 N–H and O–H groups in total. The number of benzene rings is 1. The lowest BCUT2D eigenvalue weighted by atomic mass is 10.1. The van der Waals surface area contributed by atoms with E-state index < -0.39 is 11.9 Å². The first kappa shape index (κ1) is 15.2. The van der Waals surface area contributed by atoms with Gasteiger partial charge in [-0.3, -0.25) is 4.79 Å². The van der Waals surface area contributed by atoms with E-state index in [9.17, 15) is 9.59 Å². The van der Waals surface area contributed by atoms with Gasteiger partial charge in [0.1, 0.15) is 0 Å². The fraction of sp³-hybridized carbons (Fsp3) is 0.214. The molecule has 110 valence electrons. The lowest BCUT2D eigenvalue weighted by molar-refractivity contribution is -0.136. The van der Waals surface area contributed by atoms with Gasteiger partial charge in [-0.1, -0.05) is 5.16 Å². The highest BCUT2D eigenvalue weighted by Gasteiger charge is 2.22.